The standard InChI is InChI=1S/C15H14N2O3/c1-9-12(6-3-7-13(9)16)14(18)17-11-5-2-4-10(8-11)15(19)20/h2-8H,16H2,1H3,(H,17,18)(H,19,20). The van der Waals surface area contributed by atoms with Crippen LogP contribution in [0.5, 0.6) is 0 Å². The lowest BCUT2D eigenvalue weighted by molar-refractivity contribution is 0.0696. The molecule has 0 heterocycles. The second kappa shape index (κ2) is 5.44. The summed E-state index contributed by atoms with van der Waals surface area (Å²) in [5, 5.41) is 11.6. The van der Waals surface area contributed by atoms with Crippen molar-refractivity contribution in [1.82, 2.24) is 0 Å². The largest absolute Gasteiger partial charge is 0.478 e. The van der Waals surface area contributed by atoms with Gasteiger partial charge in [-0.25, -0.2) is 4.79 Å². The summed E-state index contributed by atoms with van der Waals surface area (Å²) >= 11 is 0. The third-order valence-corrected chi connectivity index (χ3v) is 2.99. The summed E-state index contributed by atoms with van der Waals surface area (Å²) in [4.78, 5) is 23.0. The van der Waals surface area contributed by atoms with Crippen molar-refractivity contribution in [3.63, 3.8) is 0 Å². The van der Waals surface area contributed by atoms with Gasteiger partial charge in [0, 0.05) is 16.9 Å². The minimum Gasteiger partial charge on any atom is -0.478 e. The van der Waals surface area contributed by atoms with E-state index in [1.54, 1.807) is 37.3 Å². The molecule has 0 aliphatic carbocycles. The molecule has 102 valence electrons. The number of aromatic carboxylic acids is 1. The average Bonchev–Trinajstić information content (AvgIpc) is 2.42. The van der Waals surface area contributed by atoms with Crippen LogP contribution < -0.4 is 11.1 Å². The Balaban J connectivity index is 2.26. The number of carbonyl (C=O) groups is 2. The van der Waals surface area contributed by atoms with Crippen LogP contribution in [0.2, 0.25) is 0 Å². The summed E-state index contributed by atoms with van der Waals surface area (Å²) in [6.45, 7) is 1.76. The number of rotatable bonds is 3. The Bertz CT molecular complexity index is 681. The van der Waals surface area contributed by atoms with E-state index in [9.17, 15) is 9.59 Å². The maximum atomic E-state index is 12.2. The molecule has 0 fully saturated rings. The van der Waals surface area contributed by atoms with Crippen molar-refractivity contribution < 1.29 is 14.7 Å². The minimum atomic E-state index is -1.04. The first kappa shape index (κ1) is 13.6. The van der Waals surface area contributed by atoms with Gasteiger partial charge in [-0.2, -0.15) is 0 Å². The van der Waals surface area contributed by atoms with Gasteiger partial charge < -0.3 is 16.2 Å². The number of anilines is 2. The van der Waals surface area contributed by atoms with Gasteiger partial charge in [0.25, 0.3) is 5.91 Å². The van der Waals surface area contributed by atoms with Crippen molar-refractivity contribution in [3.05, 3.63) is 59.2 Å². The summed E-state index contributed by atoms with van der Waals surface area (Å²) in [7, 11) is 0. The van der Waals surface area contributed by atoms with Crippen LogP contribution in [-0.2, 0) is 0 Å². The van der Waals surface area contributed by atoms with Crippen LogP contribution in [-0.4, -0.2) is 17.0 Å². The van der Waals surface area contributed by atoms with E-state index in [2.05, 4.69) is 5.32 Å². The number of amides is 1. The molecule has 0 radical (unpaired) electrons. The summed E-state index contributed by atoms with van der Waals surface area (Å²) in [5.41, 5.74) is 8.00. The normalized spacial score (nSPS) is 10.1. The highest BCUT2D eigenvalue weighted by Crippen LogP contribution is 2.18. The molecule has 0 bridgehead atoms. The molecule has 0 aliphatic rings. The number of carboxylic acid groups (broad SMARTS) is 1. The summed E-state index contributed by atoms with van der Waals surface area (Å²) in [6.07, 6.45) is 0. The van der Waals surface area contributed by atoms with E-state index in [1.807, 2.05) is 0 Å². The molecule has 2 aromatic rings. The lowest BCUT2D eigenvalue weighted by Crippen LogP contribution is -2.14. The number of carbonyl (C=O) groups excluding carboxylic acids is 1. The fourth-order valence-corrected chi connectivity index (χ4v) is 1.83. The molecule has 1 amide bonds. The zero-order valence-corrected chi connectivity index (χ0v) is 10.9. The van der Waals surface area contributed by atoms with Crippen LogP contribution >= 0.6 is 0 Å². The van der Waals surface area contributed by atoms with Gasteiger partial charge in [0.2, 0.25) is 0 Å². The lowest BCUT2D eigenvalue weighted by atomic mass is 10.1. The maximum Gasteiger partial charge on any atom is 0.335 e. The SMILES string of the molecule is Cc1c(N)cccc1C(=O)Nc1cccc(C(=O)O)c1. The molecule has 5 nitrogen and oxygen atoms in total. The van der Waals surface area contributed by atoms with Gasteiger partial charge in [-0.1, -0.05) is 12.1 Å². The van der Waals surface area contributed by atoms with Gasteiger partial charge in [0.1, 0.15) is 0 Å². The molecule has 0 aliphatic heterocycles. The number of nitrogens with two attached hydrogens (primary N) is 1. The highest BCUT2D eigenvalue weighted by atomic mass is 16.4. The molecule has 4 N–H and O–H groups in total. The van der Waals surface area contributed by atoms with Crippen molar-refractivity contribution in [2.45, 2.75) is 6.92 Å². The van der Waals surface area contributed by atoms with E-state index in [0.29, 0.717) is 22.5 Å². The number of benzene rings is 2. The molecule has 0 saturated carbocycles. The Kier molecular flexibility index (Phi) is 3.70. The van der Waals surface area contributed by atoms with Crippen LogP contribution in [0.4, 0.5) is 11.4 Å². The zero-order chi connectivity index (χ0) is 14.7. The van der Waals surface area contributed by atoms with E-state index in [1.165, 1.54) is 12.1 Å². The lowest BCUT2D eigenvalue weighted by Gasteiger charge is -2.09. The molecule has 0 aromatic heterocycles. The third-order valence-electron chi connectivity index (χ3n) is 2.99. The smallest absolute Gasteiger partial charge is 0.335 e. The van der Waals surface area contributed by atoms with Gasteiger partial charge in [-0.3, -0.25) is 4.79 Å². The first-order valence-electron chi connectivity index (χ1n) is 5.99. The van der Waals surface area contributed by atoms with Gasteiger partial charge in [-0.05, 0) is 42.8 Å². The van der Waals surface area contributed by atoms with E-state index < -0.39 is 5.97 Å². The molecule has 20 heavy (non-hydrogen) atoms. The van der Waals surface area contributed by atoms with Crippen LogP contribution in [0.15, 0.2) is 42.5 Å². The second-order valence-corrected chi connectivity index (χ2v) is 4.36. The number of hydrogen-bond acceptors (Lipinski definition) is 3. The number of nitrogens with one attached hydrogen (secondary N) is 1. The molecule has 0 atom stereocenters. The highest BCUT2D eigenvalue weighted by molar-refractivity contribution is 6.06. The van der Waals surface area contributed by atoms with Crippen molar-refractivity contribution >= 4 is 23.3 Å². The average molecular weight is 270 g/mol. The second-order valence-electron chi connectivity index (χ2n) is 4.36. The Morgan fingerprint density at radius 2 is 1.85 bits per heavy atom. The molecular formula is C15H14N2O3. The quantitative estimate of drug-likeness (QED) is 0.747. The topological polar surface area (TPSA) is 92.4 Å². The zero-order valence-electron chi connectivity index (χ0n) is 10.9. The predicted molar refractivity (Wildman–Crippen MR) is 76.9 cm³/mol. The van der Waals surface area contributed by atoms with Crippen molar-refractivity contribution in [1.29, 1.82) is 0 Å². The van der Waals surface area contributed by atoms with Crippen LogP contribution in [0.25, 0.3) is 0 Å². The monoisotopic (exact) mass is 270 g/mol. The van der Waals surface area contributed by atoms with E-state index >= 15 is 0 Å². The highest BCUT2D eigenvalue weighted by Gasteiger charge is 2.11. The predicted octanol–water partition coefficient (Wildman–Crippen LogP) is 2.53. The van der Waals surface area contributed by atoms with E-state index in [4.69, 9.17) is 10.8 Å². The molecule has 0 unspecified atom stereocenters. The molecule has 2 rings (SSSR count). The molecule has 0 saturated heterocycles. The fourth-order valence-electron chi connectivity index (χ4n) is 1.83. The summed E-state index contributed by atoms with van der Waals surface area (Å²) in [6, 6.07) is 11.2. The molecule has 5 heteroatoms. The van der Waals surface area contributed by atoms with Crippen LogP contribution in [0.1, 0.15) is 26.3 Å². The van der Waals surface area contributed by atoms with E-state index in [0.717, 1.165) is 0 Å². The van der Waals surface area contributed by atoms with E-state index in [-0.39, 0.29) is 11.5 Å². The van der Waals surface area contributed by atoms with Gasteiger partial charge in [-0.15, -0.1) is 0 Å². The molecule has 2 aromatic carbocycles. The first-order valence-corrected chi connectivity index (χ1v) is 5.99. The number of hydrogen-bond donors (Lipinski definition) is 3. The Morgan fingerprint density at radius 1 is 1.15 bits per heavy atom. The Morgan fingerprint density at radius 3 is 2.55 bits per heavy atom. The summed E-state index contributed by atoms with van der Waals surface area (Å²) in [5.74, 6) is -1.36. The van der Waals surface area contributed by atoms with Gasteiger partial charge in [0.15, 0.2) is 0 Å². The molecule has 0 spiro atoms. The fraction of sp³-hybridized carbons (Fsp3) is 0.0667. The Labute approximate surface area is 116 Å². The van der Waals surface area contributed by atoms with Crippen molar-refractivity contribution in [3.8, 4) is 0 Å². The van der Waals surface area contributed by atoms with Crippen molar-refractivity contribution in [2.24, 2.45) is 0 Å². The third kappa shape index (κ3) is 2.77. The Hall–Kier alpha value is -2.82. The van der Waals surface area contributed by atoms with Gasteiger partial charge in [0.05, 0.1) is 5.56 Å². The number of carboxylic acids is 1. The van der Waals surface area contributed by atoms with Gasteiger partial charge >= 0.3 is 5.97 Å². The minimum absolute atomic E-state index is 0.118. The number of nitrogen functional groups attached to an aromatic ring is 1. The van der Waals surface area contributed by atoms with Crippen LogP contribution in [0.3, 0.4) is 0 Å². The summed E-state index contributed by atoms with van der Waals surface area (Å²) < 4.78 is 0. The molecular weight excluding hydrogens is 256 g/mol. The van der Waals surface area contributed by atoms with Crippen molar-refractivity contribution in [2.75, 3.05) is 11.1 Å². The van der Waals surface area contributed by atoms with Crippen LogP contribution in [0, 0.1) is 6.92 Å². The first-order chi connectivity index (χ1) is 9.49. The maximum absolute atomic E-state index is 12.2.